The van der Waals surface area contributed by atoms with Gasteiger partial charge in [-0.15, -0.1) is 0 Å². The van der Waals surface area contributed by atoms with E-state index in [-0.39, 0.29) is 5.60 Å². The Bertz CT molecular complexity index is 231. The van der Waals surface area contributed by atoms with E-state index in [4.69, 9.17) is 0 Å². The summed E-state index contributed by atoms with van der Waals surface area (Å²) in [5.74, 6) is 0.525. The molecule has 0 aromatic carbocycles. The van der Waals surface area contributed by atoms with E-state index < -0.39 is 0 Å². The van der Waals surface area contributed by atoms with Crippen LogP contribution in [0.5, 0.6) is 0 Å². The topological polar surface area (TPSA) is 23.5 Å². The third kappa shape index (κ3) is 1.83. The van der Waals surface area contributed by atoms with Gasteiger partial charge >= 0.3 is 0 Å². The van der Waals surface area contributed by atoms with Crippen molar-refractivity contribution in [3.05, 3.63) is 0 Å². The summed E-state index contributed by atoms with van der Waals surface area (Å²) in [5.41, 5.74) is -0.378. The van der Waals surface area contributed by atoms with Crippen LogP contribution in [0, 0.1) is 5.92 Å². The summed E-state index contributed by atoms with van der Waals surface area (Å²) < 4.78 is 0. The molecule has 0 unspecified atom stereocenters. The van der Waals surface area contributed by atoms with Crippen molar-refractivity contribution in [1.29, 1.82) is 0 Å². The van der Waals surface area contributed by atoms with Crippen molar-refractivity contribution in [2.24, 2.45) is 5.92 Å². The smallest absolute Gasteiger partial charge is 0.0702 e. The van der Waals surface area contributed by atoms with Crippen molar-refractivity contribution < 1.29 is 5.11 Å². The van der Waals surface area contributed by atoms with E-state index >= 15 is 0 Å². The second-order valence-electron chi connectivity index (χ2n) is 5.63. The lowest BCUT2D eigenvalue weighted by molar-refractivity contribution is -0.128. The highest BCUT2D eigenvalue weighted by Gasteiger charge is 2.48. The van der Waals surface area contributed by atoms with Crippen LogP contribution in [0.1, 0.15) is 52.4 Å². The monoisotopic (exact) mass is 211 g/mol. The van der Waals surface area contributed by atoms with Crippen LogP contribution in [0.4, 0.5) is 0 Å². The van der Waals surface area contributed by atoms with Crippen molar-refractivity contribution in [1.82, 2.24) is 4.90 Å². The molecule has 2 fully saturated rings. The van der Waals surface area contributed by atoms with Gasteiger partial charge in [0.1, 0.15) is 0 Å². The maximum absolute atomic E-state index is 10.7. The van der Waals surface area contributed by atoms with Crippen molar-refractivity contribution >= 4 is 0 Å². The number of fused-ring (bicyclic) bond motifs is 1. The van der Waals surface area contributed by atoms with E-state index in [0.29, 0.717) is 18.0 Å². The van der Waals surface area contributed by atoms with Gasteiger partial charge < -0.3 is 10.0 Å². The second-order valence-corrected chi connectivity index (χ2v) is 5.63. The maximum atomic E-state index is 10.7. The lowest BCUT2D eigenvalue weighted by atomic mass is 9.66. The first kappa shape index (κ1) is 11.4. The molecule has 1 saturated carbocycles. The average molecular weight is 211 g/mol. The van der Waals surface area contributed by atoms with E-state index in [1.165, 1.54) is 25.7 Å². The number of aliphatic hydroxyl groups is 1. The van der Waals surface area contributed by atoms with Crippen LogP contribution in [0.2, 0.25) is 0 Å². The van der Waals surface area contributed by atoms with Crippen molar-refractivity contribution in [3.8, 4) is 0 Å². The molecular weight excluding hydrogens is 186 g/mol. The number of hydrogen-bond donors (Lipinski definition) is 1. The van der Waals surface area contributed by atoms with E-state index in [9.17, 15) is 5.11 Å². The molecule has 15 heavy (non-hydrogen) atoms. The summed E-state index contributed by atoms with van der Waals surface area (Å²) >= 11 is 0. The van der Waals surface area contributed by atoms with Crippen LogP contribution in [0.3, 0.4) is 0 Å². The minimum atomic E-state index is -0.378. The zero-order chi connectivity index (χ0) is 11.1. The Morgan fingerprint density at radius 2 is 2.00 bits per heavy atom. The summed E-state index contributed by atoms with van der Waals surface area (Å²) in [7, 11) is 2.24. The summed E-state index contributed by atoms with van der Waals surface area (Å²) in [4.78, 5) is 2.51. The fraction of sp³-hybridized carbons (Fsp3) is 1.00. The van der Waals surface area contributed by atoms with Gasteiger partial charge in [-0.3, -0.25) is 0 Å². The molecule has 0 radical (unpaired) electrons. The quantitative estimate of drug-likeness (QED) is 0.720. The predicted octanol–water partition coefficient (Wildman–Crippen LogP) is 2.41. The molecule has 0 aromatic rings. The fourth-order valence-electron chi connectivity index (χ4n) is 3.77. The molecule has 1 N–H and O–H groups in total. The van der Waals surface area contributed by atoms with Gasteiger partial charge in [-0.1, -0.05) is 19.8 Å². The van der Waals surface area contributed by atoms with Crippen LogP contribution in [-0.4, -0.2) is 34.7 Å². The molecular formula is C13H25NO. The molecule has 1 aliphatic heterocycles. The molecule has 2 rings (SSSR count). The highest BCUT2D eigenvalue weighted by atomic mass is 16.3. The van der Waals surface area contributed by atoms with Gasteiger partial charge in [0.25, 0.3) is 0 Å². The van der Waals surface area contributed by atoms with Gasteiger partial charge in [0.2, 0.25) is 0 Å². The van der Waals surface area contributed by atoms with Gasteiger partial charge in [-0.25, -0.2) is 0 Å². The Hall–Kier alpha value is -0.0800. The van der Waals surface area contributed by atoms with Gasteiger partial charge in [0.15, 0.2) is 0 Å². The van der Waals surface area contributed by atoms with Gasteiger partial charge in [-0.2, -0.15) is 0 Å². The van der Waals surface area contributed by atoms with Crippen molar-refractivity contribution in [3.63, 3.8) is 0 Å². The zero-order valence-electron chi connectivity index (χ0n) is 10.4. The Balaban J connectivity index is 2.22. The van der Waals surface area contributed by atoms with E-state index in [2.05, 4.69) is 25.8 Å². The highest BCUT2D eigenvalue weighted by molar-refractivity contribution is 5.01. The molecule has 1 saturated heterocycles. The first-order chi connectivity index (χ1) is 7.08. The third-order valence-electron chi connectivity index (χ3n) is 4.90. The average Bonchev–Trinajstić information content (AvgIpc) is 2.26. The standard InChI is InChI=1S/C13H25NO/c1-4-13(15)9-10(2)14(3)12-8-6-5-7-11(12)13/h10-12,15H,4-9H2,1-3H3/t10-,11+,12+,13-/m1/s1. The Kier molecular flexibility index (Phi) is 3.09. The number of hydrogen-bond acceptors (Lipinski definition) is 2. The zero-order valence-corrected chi connectivity index (χ0v) is 10.4. The first-order valence-corrected chi connectivity index (χ1v) is 6.53. The summed E-state index contributed by atoms with van der Waals surface area (Å²) in [5, 5.41) is 10.7. The SMILES string of the molecule is CC[C@@]1(O)C[C@@H](C)N(C)[C@H]2CCCC[C@@H]21. The molecule has 2 heteroatoms. The normalized spacial score (nSPS) is 47.6. The van der Waals surface area contributed by atoms with Crippen LogP contribution >= 0.6 is 0 Å². The Labute approximate surface area is 93.7 Å². The van der Waals surface area contributed by atoms with E-state index in [1.54, 1.807) is 0 Å². The van der Waals surface area contributed by atoms with Crippen molar-refractivity contribution in [2.75, 3.05) is 7.05 Å². The lowest BCUT2D eigenvalue weighted by Gasteiger charge is -2.54. The maximum Gasteiger partial charge on any atom is 0.0702 e. The van der Waals surface area contributed by atoms with Gasteiger partial charge in [0, 0.05) is 18.0 Å². The summed E-state index contributed by atoms with van der Waals surface area (Å²) in [6.45, 7) is 4.40. The Morgan fingerprint density at radius 3 is 2.67 bits per heavy atom. The Morgan fingerprint density at radius 1 is 1.33 bits per heavy atom. The molecule has 88 valence electrons. The van der Waals surface area contributed by atoms with E-state index in [0.717, 1.165) is 12.8 Å². The van der Waals surface area contributed by atoms with Gasteiger partial charge in [0.05, 0.1) is 5.60 Å². The summed E-state index contributed by atoms with van der Waals surface area (Å²) in [6.07, 6.45) is 7.05. The largest absolute Gasteiger partial charge is 0.389 e. The lowest BCUT2D eigenvalue weighted by Crippen LogP contribution is -2.60. The van der Waals surface area contributed by atoms with Gasteiger partial charge in [-0.05, 0) is 39.7 Å². The number of likely N-dealkylation sites (tertiary alicyclic amines) is 1. The van der Waals surface area contributed by atoms with E-state index in [1.807, 2.05) is 0 Å². The molecule has 2 nitrogen and oxygen atoms in total. The number of rotatable bonds is 1. The first-order valence-electron chi connectivity index (χ1n) is 6.53. The minimum absolute atomic E-state index is 0.378. The third-order valence-corrected chi connectivity index (χ3v) is 4.90. The predicted molar refractivity (Wildman–Crippen MR) is 62.8 cm³/mol. The fourth-order valence-corrected chi connectivity index (χ4v) is 3.77. The van der Waals surface area contributed by atoms with Crippen LogP contribution in [0.15, 0.2) is 0 Å². The van der Waals surface area contributed by atoms with Crippen LogP contribution < -0.4 is 0 Å². The molecule has 0 bridgehead atoms. The molecule has 0 aromatic heterocycles. The molecule has 0 spiro atoms. The molecule has 2 aliphatic rings. The van der Waals surface area contributed by atoms with Crippen LogP contribution in [0.25, 0.3) is 0 Å². The summed E-state index contributed by atoms with van der Waals surface area (Å²) in [6, 6.07) is 1.17. The highest BCUT2D eigenvalue weighted by Crippen LogP contribution is 2.44. The number of piperidine rings is 1. The number of nitrogens with zero attached hydrogens (tertiary/aromatic N) is 1. The minimum Gasteiger partial charge on any atom is -0.389 e. The van der Waals surface area contributed by atoms with Crippen LogP contribution in [-0.2, 0) is 0 Å². The van der Waals surface area contributed by atoms with Crippen molar-refractivity contribution in [2.45, 2.75) is 70.1 Å². The molecule has 1 heterocycles. The molecule has 0 amide bonds. The second kappa shape index (κ2) is 4.06. The molecule has 1 aliphatic carbocycles. The molecule has 4 atom stereocenters.